The van der Waals surface area contributed by atoms with Gasteiger partial charge in [-0.1, -0.05) is 18.2 Å². The fraction of sp³-hybridized carbons (Fsp3) is 0.263. The molecule has 0 atom stereocenters. The smallest absolute Gasteiger partial charge is 0.246 e. The van der Waals surface area contributed by atoms with Crippen LogP contribution in [-0.4, -0.2) is 32.0 Å². The Kier molecular flexibility index (Phi) is 4.51. The van der Waals surface area contributed by atoms with E-state index in [9.17, 15) is 9.59 Å². The van der Waals surface area contributed by atoms with Crippen LogP contribution < -0.4 is 15.1 Å². The number of carbonyl (C=O) groups is 2. The van der Waals surface area contributed by atoms with Crippen LogP contribution in [0.1, 0.15) is 12.5 Å². The lowest BCUT2D eigenvalue weighted by Gasteiger charge is -2.18. The minimum absolute atomic E-state index is 0.0152. The van der Waals surface area contributed by atoms with Gasteiger partial charge in [0.25, 0.3) is 0 Å². The molecule has 0 radical (unpaired) electrons. The maximum absolute atomic E-state index is 12.5. The van der Waals surface area contributed by atoms with Crippen molar-refractivity contribution in [3.8, 4) is 0 Å². The lowest BCUT2D eigenvalue weighted by atomic mass is 10.2. The van der Waals surface area contributed by atoms with E-state index in [1.807, 2.05) is 47.4 Å². The molecular formula is C19H21N3O2. The van der Waals surface area contributed by atoms with Gasteiger partial charge < -0.3 is 15.1 Å². The Labute approximate surface area is 141 Å². The first-order valence-corrected chi connectivity index (χ1v) is 8.03. The molecule has 5 nitrogen and oxygen atoms in total. The predicted molar refractivity (Wildman–Crippen MR) is 96.5 cm³/mol. The molecule has 0 fully saturated rings. The van der Waals surface area contributed by atoms with E-state index in [0.717, 1.165) is 30.0 Å². The monoisotopic (exact) mass is 323 g/mol. The van der Waals surface area contributed by atoms with Crippen molar-refractivity contribution in [2.45, 2.75) is 13.3 Å². The second-order valence-corrected chi connectivity index (χ2v) is 5.90. The van der Waals surface area contributed by atoms with Gasteiger partial charge in [0.1, 0.15) is 0 Å². The molecule has 0 saturated heterocycles. The van der Waals surface area contributed by atoms with Crippen LogP contribution in [0.3, 0.4) is 0 Å². The number of nitrogens with zero attached hydrogens (tertiary/aromatic N) is 2. The van der Waals surface area contributed by atoms with Gasteiger partial charge in [0.2, 0.25) is 11.8 Å². The third kappa shape index (κ3) is 3.25. The number of para-hydroxylation sites is 1. The summed E-state index contributed by atoms with van der Waals surface area (Å²) in [6.07, 6.45) is 0.911. The van der Waals surface area contributed by atoms with E-state index in [1.54, 1.807) is 11.9 Å². The molecule has 0 aromatic heterocycles. The number of hydrogen-bond acceptors (Lipinski definition) is 3. The van der Waals surface area contributed by atoms with Crippen LogP contribution in [0.25, 0.3) is 0 Å². The molecule has 1 N–H and O–H groups in total. The lowest BCUT2D eigenvalue weighted by molar-refractivity contribution is -0.117. The second kappa shape index (κ2) is 6.74. The van der Waals surface area contributed by atoms with Crippen LogP contribution in [0.5, 0.6) is 0 Å². The van der Waals surface area contributed by atoms with Crippen molar-refractivity contribution in [2.75, 3.05) is 35.3 Å². The number of rotatable bonds is 4. The van der Waals surface area contributed by atoms with Gasteiger partial charge in [-0.25, -0.2) is 0 Å². The molecule has 24 heavy (non-hydrogen) atoms. The standard InChI is InChI=1S/C19H21N3O2/c1-14(23)21(2)17-9-7-16(8-10-17)20-13-19(24)22-12-11-15-5-3-4-6-18(15)22/h3-10,20H,11-13H2,1-2H3. The number of anilines is 3. The Bertz CT molecular complexity index is 755. The summed E-state index contributed by atoms with van der Waals surface area (Å²) < 4.78 is 0. The summed E-state index contributed by atoms with van der Waals surface area (Å²) >= 11 is 0. The SMILES string of the molecule is CC(=O)N(C)c1ccc(NCC(=O)N2CCc3ccccc32)cc1. The number of nitrogens with one attached hydrogen (secondary N) is 1. The zero-order valence-corrected chi connectivity index (χ0v) is 14.0. The molecule has 0 aliphatic carbocycles. The van der Waals surface area contributed by atoms with Crippen LogP contribution in [0.15, 0.2) is 48.5 Å². The molecule has 1 heterocycles. The van der Waals surface area contributed by atoms with E-state index < -0.39 is 0 Å². The van der Waals surface area contributed by atoms with E-state index >= 15 is 0 Å². The maximum Gasteiger partial charge on any atom is 0.246 e. The minimum atomic E-state index is -0.0152. The van der Waals surface area contributed by atoms with Crippen molar-refractivity contribution >= 4 is 28.9 Å². The van der Waals surface area contributed by atoms with Crippen molar-refractivity contribution in [3.05, 3.63) is 54.1 Å². The number of amides is 2. The minimum Gasteiger partial charge on any atom is -0.376 e. The van der Waals surface area contributed by atoms with Crippen molar-refractivity contribution in [1.82, 2.24) is 0 Å². The van der Waals surface area contributed by atoms with Crippen LogP contribution in [0, 0.1) is 0 Å². The Hall–Kier alpha value is -2.82. The lowest BCUT2D eigenvalue weighted by Crippen LogP contribution is -2.34. The zero-order chi connectivity index (χ0) is 17.1. The molecule has 0 spiro atoms. The van der Waals surface area contributed by atoms with Gasteiger partial charge in [0, 0.05) is 37.6 Å². The number of carbonyl (C=O) groups excluding carboxylic acids is 2. The number of fused-ring (bicyclic) bond motifs is 1. The van der Waals surface area contributed by atoms with Gasteiger partial charge in [-0.15, -0.1) is 0 Å². The van der Waals surface area contributed by atoms with Crippen LogP contribution in [0.4, 0.5) is 17.1 Å². The highest BCUT2D eigenvalue weighted by atomic mass is 16.2. The molecule has 5 heteroatoms. The summed E-state index contributed by atoms with van der Waals surface area (Å²) in [6.45, 7) is 2.51. The normalized spacial score (nSPS) is 12.7. The van der Waals surface area contributed by atoms with Gasteiger partial charge in [-0.05, 0) is 42.3 Å². The fourth-order valence-corrected chi connectivity index (χ4v) is 2.86. The Balaban J connectivity index is 1.60. The van der Waals surface area contributed by atoms with Gasteiger partial charge in [-0.3, -0.25) is 9.59 Å². The van der Waals surface area contributed by atoms with E-state index in [0.29, 0.717) is 0 Å². The first-order chi connectivity index (χ1) is 11.6. The number of benzene rings is 2. The molecule has 2 aromatic rings. The predicted octanol–water partition coefficient (Wildman–Crippen LogP) is 2.67. The van der Waals surface area contributed by atoms with E-state index in [2.05, 4.69) is 11.4 Å². The molecule has 0 saturated carbocycles. The Morgan fingerprint density at radius 3 is 2.54 bits per heavy atom. The van der Waals surface area contributed by atoms with Crippen molar-refractivity contribution in [3.63, 3.8) is 0 Å². The Morgan fingerprint density at radius 2 is 1.83 bits per heavy atom. The Morgan fingerprint density at radius 1 is 1.12 bits per heavy atom. The van der Waals surface area contributed by atoms with E-state index in [-0.39, 0.29) is 18.4 Å². The van der Waals surface area contributed by atoms with E-state index in [1.165, 1.54) is 12.5 Å². The largest absolute Gasteiger partial charge is 0.376 e. The highest BCUT2D eigenvalue weighted by Crippen LogP contribution is 2.27. The summed E-state index contributed by atoms with van der Waals surface area (Å²) in [5.41, 5.74) is 3.93. The van der Waals surface area contributed by atoms with Gasteiger partial charge >= 0.3 is 0 Å². The third-order valence-electron chi connectivity index (χ3n) is 4.36. The molecule has 0 unspecified atom stereocenters. The summed E-state index contributed by atoms with van der Waals surface area (Å²) in [4.78, 5) is 27.2. The molecular weight excluding hydrogens is 302 g/mol. The molecule has 124 valence electrons. The molecule has 3 rings (SSSR count). The first kappa shape index (κ1) is 16.1. The molecule has 1 aliphatic rings. The fourth-order valence-electron chi connectivity index (χ4n) is 2.86. The quantitative estimate of drug-likeness (QED) is 0.941. The second-order valence-electron chi connectivity index (χ2n) is 5.90. The van der Waals surface area contributed by atoms with Gasteiger partial charge in [0.05, 0.1) is 6.54 Å². The average molecular weight is 323 g/mol. The first-order valence-electron chi connectivity index (χ1n) is 8.03. The van der Waals surface area contributed by atoms with Crippen LogP contribution in [-0.2, 0) is 16.0 Å². The topological polar surface area (TPSA) is 52.7 Å². The summed E-state index contributed by atoms with van der Waals surface area (Å²) in [5, 5.41) is 3.15. The molecule has 2 aromatic carbocycles. The highest BCUT2D eigenvalue weighted by molar-refractivity contribution is 5.98. The summed E-state index contributed by atoms with van der Waals surface area (Å²) in [7, 11) is 1.74. The highest BCUT2D eigenvalue weighted by Gasteiger charge is 2.23. The van der Waals surface area contributed by atoms with E-state index in [4.69, 9.17) is 0 Å². The van der Waals surface area contributed by atoms with Gasteiger partial charge in [-0.2, -0.15) is 0 Å². The number of hydrogen-bond donors (Lipinski definition) is 1. The molecule has 2 amide bonds. The van der Waals surface area contributed by atoms with Crippen molar-refractivity contribution < 1.29 is 9.59 Å². The van der Waals surface area contributed by atoms with Gasteiger partial charge in [0.15, 0.2) is 0 Å². The van der Waals surface area contributed by atoms with Crippen molar-refractivity contribution in [2.24, 2.45) is 0 Å². The van der Waals surface area contributed by atoms with Crippen LogP contribution >= 0.6 is 0 Å². The summed E-state index contributed by atoms with van der Waals surface area (Å²) in [5.74, 6) is 0.0449. The third-order valence-corrected chi connectivity index (χ3v) is 4.36. The van der Waals surface area contributed by atoms with Crippen LogP contribution in [0.2, 0.25) is 0 Å². The maximum atomic E-state index is 12.5. The van der Waals surface area contributed by atoms with Crippen molar-refractivity contribution in [1.29, 1.82) is 0 Å². The zero-order valence-electron chi connectivity index (χ0n) is 14.0. The molecule has 0 bridgehead atoms. The average Bonchev–Trinajstić information content (AvgIpc) is 3.03. The molecule has 1 aliphatic heterocycles. The summed E-state index contributed by atoms with van der Waals surface area (Å²) in [6, 6.07) is 15.5.